The molecule has 1 aromatic carbocycles. The maximum absolute atomic E-state index is 14.2. The summed E-state index contributed by atoms with van der Waals surface area (Å²) in [4.78, 5) is 19.7. The Balaban J connectivity index is 1.68. The first-order chi connectivity index (χ1) is 11.6. The Labute approximate surface area is 139 Å². The molecule has 0 N–H and O–H groups in total. The van der Waals surface area contributed by atoms with Crippen molar-refractivity contribution < 1.29 is 9.18 Å². The quantitative estimate of drug-likeness (QED) is 0.812. The summed E-state index contributed by atoms with van der Waals surface area (Å²) in [5.41, 5.74) is 1.44. The van der Waals surface area contributed by atoms with Crippen LogP contribution in [0.1, 0.15) is 22.8 Å². The number of pyridine rings is 1. The van der Waals surface area contributed by atoms with Gasteiger partial charge in [0.2, 0.25) is 0 Å². The Morgan fingerprint density at radius 3 is 2.42 bits per heavy atom. The molecule has 1 aromatic heterocycles. The Morgan fingerprint density at radius 2 is 1.88 bits per heavy atom. The summed E-state index contributed by atoms with van der Waals surface area (Å²) < 4.78 is 14.2. The molecule has 0 atom stereocenters. The highest BCUT2D eigenvalue weighted by Crippen LogP contribution is 2.23. The van der Waals surface area contributed by atoms with Crippen LogP contribution in [0.4, 0.5) is 15.9 Å². The van der Waals surface area contributed by atoms with Crippen LogP contribution in [-0.2, 0) is 0 Å². The number of Topliss-reactive ketones (excluding diaryl/α,β-unsaturated/α-hetero) is 1. The summed E-state index contributed by atoms with van der Waals surface area (Å²) in [6, 6.07) is 10.3. The number of ketones is 1. The van der Waals surface area contributed by atoms with Gasteiger partial charge in [-0.05, 0) is 37.3 Å². The van der Waals surface area contributed by atoms with Crippen LogP contribution in [-0.4, -0.2) is 36.9 Å². The first-order valence-electron chi connectivity index (χ1n) is 7.75. The van der Waals surface area contributed by atoms with Gasteiger partial charge in [0, 0.05) is 37.9 Å². The second-order valence-electron chi connectivity index (χ2n) is 5.71. The predicted molar refractivity (Wildman–Crippen MR) is 89.8 cm³/mol. The van der Waals surface area contributed by atoms with Gasteiger partial charge < -0.3 is 9.80 Å². The molecule has 2 aromatic rings. The second-order valence-corrected chi connectivity index (χ2v) is 5.71. The Kier molecular flexibility index (Phi) is 4.43. The number of hydrogen-bond acceptors (Lipinski definition) is 5. The van der Waals surface area contributed by atoms with Gasteiger partial charge >= 0.3 is 0 Å². The van der Waals surface area contributed by atoms with Crippen LogP contribution in [0, 0.1) is 17.1 Å². The van der Waals surface area contributed by atoms with Crippen molar-refractivity contribution in [1.82, 2.24) is 4.98 Å². The zero-order chi connectivity index (χ0) is 17.1. The minimum absolute atomic E-state index is 0.142. The zero-order valence-corrected chi connectivity index (χ0v) is 13.4. The van der Waals surface area contributed by atoms with Gasteiger partial charge in [0.1, 0.15) is 17.7 Å². The molecule has 1 fully saturated rings. The van der Waals surface area contributed by atoms with Crippen LogP contribution in [0.5, 0.6) is 0 Å². The number of nitrogens with zero attached hydrogens (tertiary/aromatic N) is 4. The third-order valence-corrected chi connectivity index (χ3v) is 4.18. The van der Waals surface area contributed by atoms with Gasteiger partial charge in [-0.15, -0.1) is 0 Å². The smallest absolute Gasteiger partial charge is 0.159 e. The van der Waals surface area contributed by atoms with E-state index in [1.165, 1.54) is 13.0 Å². The molecule has 0 bridgehead atoms. The summed E-state index contributed by atoms with van der Waals surface area (Å²) in [5, 5.41) is 8.81. The molecule has 0 amide bonds. The molecule has 0 spiro atoms. The monoisotopic (exact) mass is 324 g/mol. The van der Waals surface area contributed by atoms with Crippen LogP contribution >= 0.6 is 0 Å². The minimum Gasteiger partial charge on any atom is -0.366 e. The fourth-order valence-corrected chi connectivity index (χ4v) is 2.80. The average molecular weight is 324 g/mol. The van der Waals surface area contributed by atoms with Crippen LogP contribution in [0.15, 0.2) is 36.5 Å². The van der Waals surface area contributed by atoms with Crippen molar-refractivity contribution in [2.75, 3.05) is 36.0 Å². The van der Waals surface area contributed by atoms with Crippen LogP contribution < -0.4 is 9.80 Å². The third-order valence-electron chi connectivity index (χ3n) is 4.18. The lowest BCUT2D eigenvalue weighted by molar-refractivity contribution is 0.101. The molecule has 3 rings (SSSR count). The molecule has 5 nitrogen and oxygen atoms in total. The van der Waals surface area contributed by atoms with Crippen LogP contribution in [0.2, 0.25) is 0 Å². The first kappa shape index (κ1) is 15.9. The van der Waals surface area contributed by atoms with Crippen molar-refractivity contribution >= 4 is 17.3 Å². The fourth-order valence-electron chi connectivity index (χ4n) is 2.80. The highest BCUT2D eigenvalue weighted by atomic mass is 19.1. The van der Waals surface area contributed by atoms with Gasteiger partial charge in [0.15, 0.2) is 5.78 Å². The molecule has 6 heteroatoms. The number of benzene rings is 1. The van der Waals surface area contributed by atoms with E-state index in [-0.39, 0.29) is 11.6 Å². The first-order valence-corrected chi connectivity index (χ1v) is 7.75. The molecule has 0 radical (unpaired) electrons. The lowest BCUT2D eigenvalue weighted by Gasteiger charge is -2.36. The van der Waals surface area contributed by atoms with Gasteiger partial charge in [0.25, 0.3) is 0 Å². The van der Waals surface area contributed by atoms with E-state index in [0.717, 1.165) is 5.82 Å². The number of anilines is 2. The maximum atomic E-state index is 14.2. The van der Waals surface area contributed by atoms with Crippen molar-refractivity contribution in [2.24, 2.45) is 0 Å². The maximum Gasteiger partial charge on any atom is 0.159 e. The van der Waals surface area contributed by atoms with Crippen molar-refractivity contribution in [1.29, 1.82) is 5.26 Å². The van der Waals surface area contributed by atoms with E-state index in [4.69, 9.17) is 5.26 Å². The van der Waals surface area contributed by atoms with Gasteiger partial charge in [-0.25, -0.2) is 9.37 Å². The van der Waals surface area contributed by atoms with Crippen molar-refractivity contribution in [3.63, 3.8) is 0 Å². The van der Waals surface area contributed by atoms with E-state index in [1.807, 2.05) is 17.0 Å². The molecule has 1 aliphatic rings. The lowest BCUT2D eigenvalue weighted by Crippen LogP contribution is -2.47. The Hall–Kier alpha value is -2.94. The van der Waals surface area contributed by atoms with E-state index in [0.29, 0.717) is 43.0 Å². The number of piperazine rings is 1. The van der Waals surface area contributed by atoms with Gasteiger partial charge in [-0.1, -0.05) is 0 Å². The summed E-state index contributed by atoms with van der Waals surface area (Å²) in [7, 11) is 0. The summed E-state index contributed by atoms with van der Waals surface area (Å²) in [5.74, 6) is 0.311. The number of nitriles is 1. The molecule has 1 saturated heterocycles. The highest BCUT2D eigenvalue weighted by Gasteiger charge is 2.20. The standard InChI is InChI=1S/C18H17FN4O/c1-13(24)15-3-4-17(16(19)10-15)22-6-8-23(9-7-22)18-5-2-14(11-20)12-21-18/h2-5,10,12H,6-9H2,1H3. The van der Waals surface area contributed by atoms with Crippen LogP contribution in [0.3, 0.4) is 0 Å². The number of hydrogen-bond donors (Lipinski definition) is 0. The average Bonchev–Trinajstić information content (AvgIpc) is 2.62. The van der Waals surface area contributed by atoms with E-state index in [2.05, 4.69) is 9.88 Å². The molecule has 0 aliphatic carbocycles. The highest BCUT2D eigenvalue weighted by molar-refractivity contribution is 5.94. The van der Waals surface area contributed by atoms with E-state index in [9.17, 15) is 9.18 Å². The molecule has 2 heterocycles. The van der Waals surface area contributed by atoms with E-state index < -0.39 is 0 Å². The SMILES string of the molecule is CC(=O)c1ccc(N2CCN(c3ccc(C#N)cn3)CC2)c(F)c1. The number of halogens is 1. The molecule has 0 saturated carbocycles. The number of carbonyl (C=O) groups excluding carboxylic acids is 1. The summed E-state index contributed by atoms with van der Waals surface area (Å²) in [6.07, 6.45) is 1.56. The van der Waals surface area contributed by atoms with Crippen LogP contribution in [0.25, 0.3) is 0 Å². The zero-order valence-electron chi connectivity index (χ0n) is 13.4. The topological polar surface area (TPSA) is 60.2 Å². The molecule has 24 heavy (non-hydrogen) atoms. The van der Waals surface area contributed by atoms with Gasteiger partial charge in [-0.3, -0.25) is 4.79 Å². The molecular weight excluding hydrogens is 307 g/mol. The number of aromatic nitrogens is 1. The van der Waals surface area contributed by atoms with E-state index in [1.54, 1.807) is 24.4 Å². The van der Waals surface area contributed by atoms with Gasteiger partial charge in [0.05, 0.1) is 11.3 Å². The van der Waals surface area contributed by atoms with Crippen molar-refractivity contribution in [3.05, 3.63) is 53.5 Å². The summed E-state index contributed by atoms with van der Waals surface area (Å²) in [6.45, 7) is 4.19. The minimum atomic E-state index is -0.368. The third kappa shape index (κ3) is 3.20. The molecular formula is C18H17FN4O. The Morgan fingerprint density at radius 1 is 1.17 bits per heavy atom. The van der Waals surface area contributed by atoms with E-state index >= 15 is 0 Å². The van der Waals surface area contributed by atoms with Crippen molar-refractivity contribution in [2.45, 2.75) is 6.92 Å². The predicted octanol–water partition coefficient (Wildman–Crippen LogP) is 2.62. The molecule has 0 unspecified atom stereocenters. The second kappa shape index (κ2) is 6.67. The summed E-state index contributed by atoms with van der Waals surface area (Å²) >= 11 is 0. The molecule has 1 aliphatic heterocycles. The van der Waals surface area contributed by atoms with Crippen molar-refractivity contribution in [3.8, 4) is 6.07 Å². The normalized spacial score (nSPS) is 14.4. The fraction of sp³-hybridized carbons (Fsp3) is 0.278. The Bertz CT molecular complexity index is 790. The van der Waals surface area contributed by atoms with Gasteiger partial charge in [-0.2, -0.15) is 5.26 Å². The number of carbonyl (C=O) groups is 1. The largest absolute Gasteiger partial charge is 0.366 e. The number of rotatable bonds is 3. The lowest BCUT2D eigenvalue weighted by atomic mass is 10.1. The molecule has 122 valence electrons.